The Balaban J connectivity index is 4.01. The van der Waals surface area contributed by atoms with Crippen molar-refractivity contribution in [2.24, 2.45) is 0 Å². The second kappa shape index (κ2) is 3.32. The van der Waals surface area contributed by atoms with E-state index < -0.39 is 0 Å². The van der Waals surface area contributed by atoms with Crippen molar-refractivity contribution in [3.05, 3.63) is 0 Å². The van der Waals surface area contributed by atoms with E-state index in [1.807, 2.05) is 0 Å². The fraction of sp³-hybridized carbons (Fsp3) is 1.00. The maximum Gasteiger partial charge on any atom is 0.0198 e. The van der Waals surface area contributed by atoms with Crippen LogP contribution in [0.5, 0.6) is 0 Å². The summed E-state index contributed by atoms with van der Waals surface area (Å²) in [6, 6.07) is 0. The third kappa shape index (κ3) is 2.53. The van der Waals surface area contributed by atoms with Gasteiger partial charge in [-0.1, -0.05) is 31.6 Å². The van der Waals surface area contributed by atoms with Crippen LogP contribution in [0.25, 0.3) is 0 Å². The van der Waals surface area contributed by atoms with Gasteiger partial charge in [-0.15, -0.1) is 0 Å². The minimum atomic E-state index is -0.202. The Morgan fingerprint density at radius 3 is 1.22 bits per heavy atom. The Kier molecular flexibility index (Phi) is 3.63. The quantitative estimate of drug-likeness (QED) is 0.480. The van der Waals surface area contributed by atoms with Crippen molar-refractivity contribution in [2.45, 2.75) is 31.6 Å². The first kappa shape index (κ1) is 9.87. The molecule has 4 heteroatoms. The molecular formula is C5H20Si4. The minimum absolute atomic E-state index is 0.202. The molecule has 0 aliphatic carbocycles. The molecule has 0 saturated heterocycles. The summed E-state index contributed by atoms with van der Waals surface area (Å²) < 4.78 is 0.901. The third-order valence-corrected chi connectivity index (χ3v) is 25.9. The molecule has 0 amide bonds. The molecular weight excluding hydrogens is 172 g/mol. The summed E-state index contributed by atoms with van der Waals surface area (Å²) >= 11 is 0. The molecule has 0 radical (unpaired) electrons. The van der Waals surface area contributed by atoms with E-state index >= 15 is 0 Å². The molecule has 0 heterocycles. The predicted octanol–water partition coefficient (Wildman–Crippen LogP) is -1.26. The molecule has 0 aliphatic rings. The molecule has 2 unspecified atom stereocenters. The van der Waals surface area contributed by atoms with Crippen LogP contribution in [0.15, 0.2) is 0 Å². The van der Waals surface area contributed by atoms with Crippen molar-refractivity contribution in [3.63, 3.8) is 0 Å². The molecule has 0 aromatic carbocycles. The Morgan fingerprint density at radius 1 is 1.00 bits per heavy atom. The summed E-state index contributed by atoms with van der Waals surface area (Å²) in [7, 11) is 2.64. The van der Waals surface area contributed by atoms with Crippen molar-refractivity contribution in [2.75, 3.05) is 0 Å². The highest BCUT2D eigenvalue weighted by Gasteiger charge is 2.27. The van der Waals surface area contributed by atoms with Crippen LogP contribution in [0.1, 0.15) is 13.8 Å². The fourth-order valence-electron chi connectivity index (χ4n) is 0.667. The van der Waals surface area contributed by atoms with Gasteiger partial charge >= 0.3 is 0 Å². The van der Waals surface area contributed by atoms with Crippen LogP contribution in [0.4, 0.5) is 0 Å². The first-order valence-corrected chi connectivity index (χ1v) is 16.6. The molecule has 0 spiro atoms. The second-order valence-corrected chi connectivity index (χ2v) is 22.8. The predicted molar refractivity (Wildman–Crippen MR) is 59.9 cm³/mol. The van der Waals surface area contributed by atoms with Gasteiger partial charge in [0.05, 0.1) is 0 Å². The van der Waals surface area contributed by atoms with Gasteiger partial charge in [0.1, 0.15) is 0 Å². The zero-order chi connectivity index (χ0) is 7.65. The second-order valence-electron chi connectivity index (χ2n) is 4.13. The van der Waals surface area contributed by atoms with Crippen molar-refractivity contribution in [1.29, 1.82) is 0 Å². The zero-order valence-corrected chi connectivity index (χ0v) is 14.0. The Bertz CT molecular complexity index is 77.0. The first-order valence-electron chi connectivity index (χ1n) is 3.89. The van der Waals surface area contributed by atoms with E-state index in [1.54, 1.807) is 0 Å². The van der Waals surface area contributed by atoms with Crippen LogP contribution in [0.3, 0.4) is 0 Å². The first-order chi connectivity index (χ1) is 3.89. The molecule has 2 atom stereocenters. The van der Waals surface area contributed by atoms with E-state index in [4.69, 9.17) is 0 Å². The lowest BCUT2D eigenvalue weighted by atomic mass is 10.5. The topological polar surface area (TPSA) is 0 Å². The van der Waals surface area contributed by atoms with Crippen molar-refractivity contribution in [1.82, 2.24) is 0 Å². The summed E-state index contributed by atoms with van der Waals surface area (Å²) in [5, 5.41) is 0. The zero-order valence-electron chi connectivity index (χ0n) is 7.65. The SMILES string of the molecule is C[SiH]([SiH3])C(C)(C)[SiH](C)[SiH3]. The number of rotatable bonds is 2. The Labute approximate surface area is 68.1 Å². The molecule has 0 nitrogen and oxygen atoms in total. The van der Waals surface area contributed by atoms with Gasteiger partial charge < -0.3 is 0 Å². The van der Waals surface area contributed by atoms with Gasteiger partial charge in [0, 0.05) is 16.6 Å². The van der Waals surface area contributed by atoms with E-state index in [-0.39, 0.29) is 16.6 Å². The van der Waals surface area contributed by atoms with Crippen LogP contribution in [0, 0.1) is 0 Å². The Hall–Kier alpha value is 0.868. The summed E-state index contributed by atoms with van der Waals surface area (Å²) in [6.07, 6.45) is 0. The maximum atomic E-state index is 2.55. The van der Waals surface area contributed by atoms with Crippen LogP contribution in [-0.2, 0) is 0 Å². The highest BCUT2D eigenvalue weighted by Crippen LogP contribution is 2.28. The van der Waals surface area contributed by atoms with E-state index in [2.05, 4.69) is 26.9 Å². The van der Waals surface area contributed by atoms with Gasteiger partial charge in [-0.3, -0.25) is 0 Å². The molecule has 56 valence electrons. The lowest BCUT2D eigenvalue weighted by Gasteiger charge is -2.31. The smallest absolute Gasteiger partial charge is 0.0198 e. The summed E-state index contributed by atoms with van der Waals surface area (Å²) in [5.74, 6) is 0. The van der Waals surface area contributed by atoms with Crippen molar-refractivity contribution < 1.29 is 0 Å². The number of hydrogen-bond acceptors (Lipinski definition) is 0. The lowest BCUT2D eigenvalue weighted by molar-refractivity contribution is 0.930. The minimum Gasteiger partial charge on any atom is -0.0744 e. The van der Waals surface area contributed by atoms with Crippen LogP contribution < -0.4 is 0 Å². The monoisotopic (exact) mass is 192 g/mol. The van der Waals surface area contributed by atoms with Gasteiger partial charge in [0.15, 0.2) is 0 Å². The molecule has 0 aromatic heterocycles. The largest absolute Gasteiger partial charge is 0.0744 e. The van der Waals surface area contributed by atoms with Gasteiger partial charge in [0.25, 0.3) is 0 Å². The van der Waals surface area contributed by atoms with Crippen molar-refractivity contribution >= 4 is 36.1 Å². The summed E-state index contributed by atoms with van der Waals surface area (Å²) in [6.45, 7) is 10.2. The van der Waals surface area contributed by atoms with Gasteiger partial charge in [-0.05, 0) is 19.5 Å². The van der Waals surface area contributed by atoms with Crippen LogP contribution >= 0.6 is 0 Å². The average Bonchev–Trinajstić information content (AvgIpc) is 1.65. The van der Waals surface area contributed by atoms with Gasteiger partial charge in [-0.2, -0.15) is 0 Å². The van der Waals surface area contributed by atoms with Gasteiger partial charge in [-0.25, -0.2) is 0 Å². The average molecular weight is 193 g/mol. The fourth-order valence-corrected chi connectivity index (χ4v) is 24.0. The highest BCUT2D eigenvalue weighted by molar-refractivity contribution is 7.18. The van der Waals surface area contributed by atoms with Crippen LogP contribution in [-0.4, -0.2) is 36.1 Å². The molecule has 0 bridgehead atoms. The van der Waals surface area contributed by atoms with Crippen LogP contribution in [0.2, 0.25) is 17.8 Å². The standard InChI is InChI=1S/C5H20Si4/c1-5(2,8(3)6)9(4)7/h8-9H,1-4,6-7H3. The summed E-state index contributed by atoms with van der Waals surface area (Å²) in [4.78, 5) is 0. The molecule has 0 aromatic rings. The molecule has 0 saturated carbocycles. The Morgan fingerprint density at radius 2 is 1.22 bits per heavy atom. The van der Waals surface area contributed by atoms with Gasteiger partial charge in [0.2, 0.25) is 0 Å². The van der Waals surface area contributed by atoms with E-state index in [0.717, 1.165) is 4.66 Å². The summed E-state index contributed by atoms with van der Waals surface area (Å²) in [5.41, 5.74) is 0. The van der Waals surface area contributed by atoms with Crippen molar-refractivity contribution in [3.8, 4) is 0 Å². The molecule has 0 aliphatic heterocycles. The normalized spacial score (nSPS) is 20.0. The van der Waals surface area contributed by atoms with E-state index in [9.17, 15) is 0 Å². The number of hydrogen-bond donors (Lipinski definition) is 0. The third-order valence-electron chi connectivity index (χ3n) is 2.98. The molecule has 0 fully saturated rings. The van der Waals surface area contributed by atoms with E-state index in [0.29, 0.717) is 0 Å². The molecule has 9 heavy (non-hydrogen) atoms. The highest BCUT2D eigenvalue weighted by atomic mass is 29.2. The molecule has 0 rings (SSSR count). The lowest BCUT2D eigenvalue weighted by Crippen LogP contribution is -2.38. The van der Waals surface area contributed by atoms with E-state index in [1.165, 1.54) is 19.5 Å². The maximum absolute atomic E-state index is 2.55. The molecule has 0 N–H and O–H groups in total.